The van der Waals surface area contributed by atoms with Gasteiger partial charge in [0.15, 0.2) is 0 Å². The average Bonchev–Trinajstić information content (AvgIpc) is 2.69. The number of hydrogen-bond donors (Lipinski definition) is 3. The normalized spacial score (nSPS) is 18.3. The maximum atomic E-state index is 10.8. The van der Waals surface area contributed by atoms with Crippen LogP contribution in [0.25, 0.3) is 0 Å². The Balaban J connectivity index is 1.44. The molecule has 7 nitrogen and oxygen atoms in total. The molecule has 0 spiro atoms. The van der Waals surface area contributed by atoms with Gasteiger partial charge in [-0.1, -0.05) is 11.6 Å². The van der Waals surface area contributed by atoms with Crippen LogP contribution < -0.4 is 20.7 Å². The van der Waals surface area contributed by atoms with Crippen LogP contribution in [0.1, 0.15) is 6.92 Å². The third-order valence-electron chi connectivity index (χ3n) is 4.97. The Labute approximate surface area is 176 Å². The van der Waals surface area contributed by atoms with Gasteiger partial charge in [-0.3, -0.25) is 4.90 Å². The van der Waals surface area contributed by atoms with Gasteiger partial charge >= 0.3 is 6.03 Å². The van der Waals surface area contributed by atoms with Crippen LogP contribution in [0.2, 0.25) is 5.02 Å². The van der Waals surface area contributed by atoms with Crippen LogP contribution in [0.3, 0.4) is 0 Å². The van der Waals surface area contributed by atoms with Crippen LogP contribution in [-0.4, -0.2) is 61.0 Å². The summed E-state index contributed by atoms with van der Waals surface area (Å²) in [6.45, 7) is 5.58. The summed E-state index contributed by atoms with van der Waals surface area (Å²) in [5, 5.41) is 13.6. The van der Waals surface area contributed by atoms with E-state index in [2.05, 4.69) is 22.0 Å². The first-order chi connectivity index (χ1) is 13.9. The smallest absolute Gasteiger partial charge is 0.316 e. The molecule has 1 aliphatic heterocycles. The van der Waals surface area contributed by atoms with E-state index >= 15 is 0 Å². The third kappa shape index (κ3) is 6.25. The number of halogens is 1. The standard InChI is InChI=1S/C21H27ClN4O3/c1-15-12-26(18-6-2-16(22)3-7-18)11-10-25(15)13-19(27)14-29-20-8-4-17(5-9-20)24-21(23)28/h2-9,15,19,27H,10-14H2,1H3,(H3,23,24,28)/t15-,19-/m0/s1. The zero-order chi connectivity index (χ0) is 20.8. The summed E-state index contributed by atoms with van der Waals surface area (Å²) in [4.78, 5) is 15.4. The van der Waals surface area contributed by atoms with E-state index in [0.29, 0.717) is 24.0 Å². The summed E-state index contributed by atoms with van der Waals surface area (Å²) >= 11 is 5.97. The number of carbonyl (C=O) groups excluding carboxylic acids is 1. The number of amides is 2. The highest BCUT2D eigenvalue weighted by atomic mass is 35.5. The number of rotatable bonds is 7. The molecule has 1 heterocycles. The Bertz CT molecular complexity index is 801. The van der Waals surface area contributed by atoms with Crippen LogP contribution in [0.5, 0.6) is 5.75 Å². The molecule has 4 N–H and O–H groups in total. The molecule has 0 saturated carbocycles. The molecule has 2 aromatic carbocycles. The summed E-state index contributed by atoms with van der Waals surface area (Å²) in [6, 6.07) is 14.4. The number of aliphatic hydroxyl groups excluding tert-OH is 1. The molecule has 0 unspecified atom stereocenters. The van der Waals surface area contributed by atoms with Gasteiger partial charge in [-0.2, -0.15) is 0 Å². The third-order valence-corrected chi connectivity index (χ3v) is 5.22. The lowest BCUT2D eigenvalue weighted by molar-refractivity contribution is 0.0512. The van der Waals surface area contributed by atoms with Gasteiger partial charge in [0, 0.05) is 48.6 Å². The zero-order valence-corrected chi connectivity index (χ0v) is 17.2. The number of nitrogens with zero attached hydrogens (tertiary/aromatic N) is 2. The fourth-order valence-corrected chi connectivity index (χ4v) is 3.57. The average molecular weight is 419 g/mol. The van der Waals surface area contributed by atoms with Crippen LogP contribution in [0.4, 0.5) is 16.2 Å². The van der Waals surface area contributed by atoms with Crippen molar-refractivity contribution in [1.29, 1.82) is 0 Å². The van der Waals surface area contributed by atoms with E-state index in [1.807, 2.05) is 24.3 Å². The number of carbonyl (C=O) groups is 1. The Morgan fingerprint density at radius 2 is 1.93 bits per heavy atom. The molecule has 1 aliphatic rings. The van der Waals surface area contributed by atoms with E-state index in [1.165, 1.54) is 5.69 Å². The van der Waals surface area contributed by atoms with Gasteiger partial charge in [-0.25, -0.2) is 4.79 Å². The molecular weight excluding hydrogens is 392 g/mol. The van der Waals surface area contributed by atoms with Crippen LogP contribution in [-0.2, 0) is 0 Å². The summed E-state index contributed by atoms with van der Waals surface area (Å²) in [5.74, 6) is 0.625. The molecule has 1 saturated heterocycles. The van der Waals surface area contributed by atoms with E-state index in [9.17, 15) is 9.90 Å². The molecule has 0 radical (unpaired) electrons. The number of ether oxygens (including phenoxy) is 1. The molecule has 0 aromatic heterocycles. The van der Waals surface area contributed by atoms with Crippen molar-refractivity contribution >= 4 is 29.0 Å². The van der Waals surface area contributed by atoms with Crippen molar-refractivity contribution in [2.75, 3.05) is 43.0 Å². The van der Waals surface area contributed by atoms with Crippen LogP contribution in [0, 0.1) is 0 Å². The Kier molecular flexibility index (Phi) is 7.19. The SMILES string of the molecule is C[C@H]1CN(c2ccc(Cl)cc2)CCN1C[C@H](O)COc1ccc(NC(N)=O)cc1. The van der Waals surface area contributed by atoms with Crippen molar-refractivity contribution < 1.29 is 14.6 Å². The Hall–Kier alpha value is -2.48. The highest BCUT2D eigenvalue weighted by molar-refractivity contribution is 6.30. The van der Waals surface area contributed by atoms with Crippen molar-refractivity contribution in [1.82, 2.24) is 4.90 Å². The molecule has 29 heavy (non-hydrogen) atoms. The van der Waals surface area contributed by atoms with Gasteiger partial charge in [-0.05, 0) is 55.5 Å². The number of β-amino-alcohol motifs (C(OH)–C–C–N with tert-alkyl or cyclic N) is 1. The predicted octanol–water partition coefficient (Wildman–Crippen LogP) is 2.78. The van der Waals surface area contributed by atoms with Gasteiger partial charge in [0.25, 0.3) is 0 Å². The molecule has 0 bridgehead atoms. The lowest BCUT2D eigenvalue weighted by Crippen LogP contribution is -2.54. The lowest BCUT2D eigenvalue weighted by Gasteiger charge is -2.41. The molecule has 2 atom stereocenters. The number of hydrogen-bond acceptors (Lipinski definition) is 5. The van der Waals surface area contributed by atoms with Crippen LogP contribution in [0.15, 0.2) is 48.5 Å². The van der Waals surface area contributed by atoms with Gasteiger partial charge in [0.2, 0.25) is 0 Å². The first-order valence-electron chi connectivity index (χ1n) is 9.62. The second kappa shape index (κ2) is 9.82. The molecule has 1 fully saturated rings. The Morgan fingerprint density at radius 1 is 1.24 bits per heavy atom. The summed E-state index contributed by atoms with van der Waals surface area (Å²) in [6.07, 6.45) is -0.594. The number of nitrogens with two attached hydrogens (primary N) is 1. The van der Waals surface area contributed by atoms with E-state index in [-0.39, 0.29) is 6.61 Å². The first kappa shape index (κ1) is 21.2. The molecule has 2 amide bonds. The Morgan fingerprint density at radius 3 is 2.55 bits per heavy atom. The fraction of sp³-hybridized carbons (Fsp3) is 0.381. The fourth-order valence-electron chi connectivity index (χ4n) is 3.45. The zero-order valence-electron chi connectivity index (χ0n) is 16.4. The summed E-state index contributed by atoms with van der Waals surface area (Å²) in [5.41, 5.74) is 6.84. The highest BCUT2D eigenvalue weighted by Crippen LogP contribution is 2.22. The second-order valence-corrected chi connectivity index (χ2v) is 7.68. The summed E-state index contributed by atoms with van der Waals surface area (Å²) in [7, 11) is 0. The number of urea groups is 1. The van der Waals surface area contributed by atoms with Gasteiger partial charge in [0.1, 0.15) is 18.5 Å². The topological polar surface area (TPSA) is 91.1 Å². The number of piperazine rings is 1. The highest BCUT2D eigenvalue weighted by Gasteiger charge is 2.25. The van der Waals surface area contributed by atoms with Gasteiger partial charge in [0.05, 0.1) is 0 Å². The lowest BCUT2D eigenvalue weighted by atomic mass is 10.1. The quantitative estimate of drug-likeness (QED) is 0.643. The minimum Gasteiger partial charge on any atom is -0.491 e. The van der Waals surface area contributed by atoms with Crippen molar-refractivity contribution in [3.05, 3.63) is 53.6 Å². The van der Waals surface area contributed by atoms with Crippen molar-refractivity contribution in [3.8, 4) is 5.75 Å². The predicted molar refractivity (Wildman–Crippen MR) is 116 cm³/mol. The number of nitrogens with one attached hydrogen (secondary N) is 1. The van der Waals surface area contributed by atoms with E-state index < -0.39 is 12.1 Å². The maximum absolute atomic E-state index is 10.8. The molecule has 2 aromatic rings. The molecular formula is C21H27ClN4O3. The maximum Gasteiger partial charge on any atom is 0.316 e. The van der Waals surface area contributed by atoms with Gasteiger partial charge in [-0.15, -0.1) is 0 Å². The van der Waals surface area contributed by atoms with Crippen LogP contribution >= 0.6 is 11.6 Å². The van der Waals surface area contributed by atoms with Crippen molar-refractivity contribution in [3.63, 3.8) is 0 Å². The molecule has 8 heteroatoms. The summed E-state index contributed by atoms with van der Waals surface area (Å²) < 4.78 is 5.66. The molecule has 3 rings (SSSR count). The molecule has 156 valence electrons. The number of anilines is 2. The van der Waals surface area contributed by atoms with E-state index in [4.69, 9.17) is 22.1 Å². The largest absolute Gasteiger partial charge is 0.491 e. The van der Waals surface area contributed by atoms with E-state index in [1.54, 1.807) is 24.3 Å². The van der Waals surface area contributed by atoms with E-state index in [0.717, 1.165) is 24.7 Å². The monoisotopic (exact) mass is 418 g/mol. The second-order valence-electron chi connectivity index (χ2n) is 7.24. The van der Waals surface area contributed by atoms with Crippen molar-refractivity contribution in [2.24, 2.45) is 5.73 Å². The van der Waals surface area contributed by atoms with Crippen molar-refractivity contribution in [2.45, 2.75) is 19.1 Å². The number of primary amides is 1. The van der Waals surface area contributed by atoms with Gasteiger partial charge < -0.3 is 25.8 Å². The minimum atomic E-state index is -0.612. The number of benzene rings is 2. The number of aliphatic hydroxyl groups is 1. The minimum absolute atomic E-state index is 0.201. The molecule has 0 aliphatic carbocycles. The first-order valence-corrected chi connectivity index (χ1v) is 10.0.